The molecule has 1 saturated heterocycles. The summed E-state index contributed by atoms with van der Waals surface area (Å²) in [7, 11) is 0. The molecule has 8 heteroatoms. The molecule has 0 aliphatic carbocycles. The van der Waals surface area contributed by atoms with Crippen molar-refractivity contribution in [2.24, 2.45) is 0 Å². The predicted molar refractivity (Wildman–Crippen MR) is 118 cm³/mol. The molecule has 32 heavy (non-hydrogen) atoms. The Kier molecular flexibility index (Phi) is 5.17. The van der Waals surface area contributed by atoms with Gasteiger partial charge in [-0.2, -0.15) is 0 Å². The number of halogens is 1. The molecule has 0 aromatic heterocycles. The van der Waals surface area contributed by atoms with Gasteiger partial charge in [-0.1, -0.05) is 35.9 Å². The molecule has 0 saturated carbocycles. The van der Waals surface area contributed by atoms with E-state index < -0.39 is 11.8 Å². The summed E-state index contributed by atoms with van der Waals surface area (Å²) in [5, 5.41) is 1.67. The normalized spacial score (nSPS) is 15.9. The molecule has 2 aliphatic rings. The van der Waals surface area contributed by atoms with Crippen LogP contribution in [0.5, 0.6) is 17.2 Å². The van der Waals surface area contributed by atoms with Gasteiger partial charge in [-0.25, -0.2) is 5.01 Å². The van der Waals surface area contributed by atoms with Gasteiger partial charge in [0.05, 0.1) is 5.69 Å². The highest BCUT2D eigenvalue weighted by atomic mass is 35.5. The van der Waals surface area contributed by atoms with Crippen LogP contribution in [0.3, 0.4) is 0 Å². The number of nitrogens with one attached hydrogen (secondary N) is 1. The quantitative estimate of drug-likeness (QED) is 0.469. The Hall–Kier alpha value is -3.97. The summed E-state index contributed by atoms with van der Waals surface area (Å²) in [6, 6.07) is 19.5. The van der Waals surface area contributed by atoms with E-state index in [1.807, 2.05) is 24.3 Å². The second kappa shape index (κ2) is 8.28. The topological polar surface area (TPSA) is 77.1 Å². The third-order valence-corrected chi connectivity index (χ3v) is 5.24. The third kappa shape index (κ3) is 3.86. The molecule has 0 spiro atoms. The Labute approximate surface area is 188 Å². The lowest BCUT2D eigenvalue weighted by molar-refractivity contribution is -0.117. The van der Waals surface area contributed by atoms with Crippen molar-refractivity contribution in [3.8, 4) is 17.2 Å². The monoisotopic (exact) mass is 448 g/mol. The van der Waals surface area contributed by atoms with Crippen LogP contribution in [-0.2, 0) is 16.2 Å². The van der Waals surface area contributed by atoms with Crippen molar-refractivity contribution in [1.82, 2.24) is 5.43 Å². The number of carbonyl (C=O) groups excluding carboxylic acids is 2. The van der Waals surface area contributed by atoms with Crippen molar-refractivity contribution in [3.05, 3.63) is 88.5 Å². The predicted octanol–water partition coefficient (Wildman–Crippen LogP) is 4.11. The molecular weight excluding hydrogens is 432 g/mol. The summed E-state index contributed by atoms with van der Waals surface area (Å²) in [6.45, 7) is 0.454. The average Bonchev–Trinajstić information content (AvgIpc) is 3.38. The second-order valence-corrected chi connectivity index (χ2v) is 7.57. The fourth-order valence-electron chi connectivity index (χ4n) is 3.43. The largest absolute Gasteiger partial charge is 0.488 e. The first-order chi connectivity index (χ1) is 15.6. The van der Waals surface area contributed by atoms with E-state index >= 15 is 0 Å². The van der Waals surface area contributed by atoms with E-state index in [9.17, 15) is 9.59 Å². The maximum atomic E-state index is 12.9. The number of anilines is 1. The molecule has 2 aliphatic heterocycles. The molecule has 1 fully saturated rings. The molecule has 0 bridgehead atoms. The smallest absolute Gasteiger partial charge is 0.282 e. The number of hydrogen-bond acceptors (Lipinski definition) is 5. The molecule has 5 rings (SSSR count). The number of hydrogen-bond donors (Lipinski definition) is 1. The number of benzene rings is 3. The number of rotatable bonds is 5. The molecule has 3 aromatic carbocycles. The maximum Gasteiger partial charge on any atom is 0.282 e. The van der Waals surface area contributed by atoms with Gasteiger partial charge in [-0.3, -0.25) is 15.0 Å². The number of amides is 2. The van der Waals surface area contributed by atoms with Crippen LogP contribution in [0.4, 0.5) is 5.69 Å². The van der Waals surface area contributed by atoms with E-state index in [4.69, 9.17) is 25.8 Å². The first kappa shape index (κ1) is 20.0. The second-order valence-electron chi connectivity index (χ2n) is 7.13. The van der Waals surface area contributed by atoms with E-state index in [2.05, 4.69) is 5.43 Å². The van der Waals surface area contributed by atoms with Crippen LogP contribution < -0.4 is 24.6 Å². The van der Waals surface area contributed by atoms with Crippen molar-refractivity contribution < 1.29 is 23.8 Å². The zero-order valence-electron chi connectivity index (χ0n) is 16.7. The maximum absolute atomic E-state index is 12.9. The van der Waals surface area contributed by atoms with Crippen molar-refractivity contribution in [2.45, 2.75) is 6.61 Å². The van der Waals surface area contributed by atoms with Crippen molar-refractivity contribution in [2.75, 3.05) is 11.8 Å². The first-order valence-corrected chi connectivity index (χ1v) is 10.2. The summed E-state index contributed by atoms with van der Waals surface area (Å²) in [4.78, 5) is 25.4. The average molecular weight is 449 g/mol. The number of fused-ring (bicyclic) bond motifs is 1. The van der Waals surface area contributed by atoms with E-state index in [0.717, 1.165) is 5.56 Å². The Bertz CT molecular complexity index is 1240. The van der Waals surface area contributed by atoms with Gasteiger partial charge in [0.25, 0.3) is 11.8 Å². The van der Waals surface area contributed by atoms with Crippen molar-refractivity contribution in [1.29, 1.82) is 0 Å². The van der Waals surface area contributed by atoms with E-state index in [0.29, 0.717) is 33.5 Å². The van der Waals surface area contributed by atoms with Gasteiger partial charge < -0.3 is 14.2 Å². The highest BCUT2D eigenvalue weighted by Gasteiger charge is 2.34. The van der Waals surface area contributed by atoms with Crippen LogP contribution in [0.25, 0.3) is 6.08 Å². The summed E-state index contributed by atoms with van der Waals surface area (Å²) in [5.41, 5.74) is 4.54. The Balaban J connectivity index is 1.40. The van der Waals surface area contributed by atoms with E-state index in [-0.39, 0.29) is 19.0 Å². The number of nitrogens with zero attached hydrogens (tertiary/aromatic N) is 1. The first-order valence-electron chi connectivity index (χ1n) is 9.81. The highest BCUT2D eigenvalue weighted by molar-refractivity contribution is 6.32. The molecule has 0 atom stereocenters. The van der Waals surface area contributed by atoms with Crippen LogP contribution in [0.15, 0.2) is 72.3 Å². The Morgan fingerprint density at radius 1 is 1.00 bits per heavy atom. The summed E-state index contributed by atoms with van der Waals surface area (Å²) in [6.07, 6.45) is 1.49. The Morgan fingerprint density at radius 2 is 1.81 bits per heavy atom. The van der Waals surface area contributed by atoms with Crippen LogP contribution >= 0.6 is 11.6 Å². The standard InChI is InChI=1S/C24H17ClN2O5/c25-17-7-9-20(30-13-15-6-8-21-22(10-15)32-14-31-21)16(11-17)12-19-23(28)26-27(24(19)29)18-4-2-1-3-5-18/h1-12H,13-14H2,(H,26,28). The molecule has 160 valence electrons. The lowest BCUT2D eigenvalue weighted by atomic mass is 10.1. The third-order valence-electron chi connectivity index (χ3n) is 5.01. The van der Waals surface area contributed by atoms with Crippen LogP contribution in [-0.4, -0.2) is 18.6 Å². The summed E-state index contributed by atoms with van der Waals surface area (Å²) < 4.78 is 16.7. The Morgan fingerprint density at radius 3 is 2.66 bits per heavy atom. The van der Waals surface area contributed by atoms with Crippen LogP contribution in [0, 0.1) is 0 Å². The molecule has 7 nitrogen and oxygen atoms in total. The van der Waals surface area contributed by atoms with Crippen LogP contribution in [0.1, 0.15) is 11.1 Å². The number of para-hydroxylation sites is 1. The van der Waals surface area contributed by atoms with Crippen molar-refractivity contribution >= 4 is 35.2 Å². The van der Waals surface area contributed by atoms with Gasteiger partial charge >= 0.3 is 0 Å². The van der Waals surface area contributed by atoms with Crippen molar-refractivity contribution in [3.63, 3.8) is 0 Å². The van der Waals surface area contributed by atoms with Gasteiger partial charge in [0.15, 0.2) is 11.5 Å². The number of ether oxygens (including phenoxy) is 3. The molecular formula is C24H17ClN2O5. The molecule has 3 aromatic rings. The molecule has 0 radical (unpaired) electrons. The highest BCUT2D eigenvalue weighted by Crippen LogP contribution is 2.33. The molecule has 2 amide bonds. The SMILES string of the molecule is O=C1NN(c2ccccc2)C(=O)C1=Cc1cc(Cl)ccc1OCc1ccc2c(c1)OCO2. The van der Waals surface area contributed by atoms with Gasteiger partial charge in [0.1, 0.15) is 17.9 Å². The zero-order chi connectivity index (χ0) is 22.1. The molecule has 1 N–H and O–H groups in total. The fourth-order valence-corrected chi connectivity index (χ4v) is 3.61. The van der Waals surface area contributed by atoms with Gasteiger partial charge in [0.2, 0.25) is 6.79 Å². The van der Waals surface area contributed by atoms with Crippen LogP contribution in [0.2, 0.25) is 5.02 Å². The van der Waals surface area contributed by atoms with E-state index in [1.165, 1.54) is 11.1 Å². The lowest BCUT2D eigenvalue weighted by Gasteiger charge is -2.14. The summed E-state index contributed by atoms with van der Waals surface area (Å²) in [5.74, 6) is 0.889. The fraction of sp³-hybridized carbons (Fsp3) is 0.0833. The molecule has 2 heterocycles. The van der Waals surface area contributed by atoms with E-state index in [1.54, 1.807) is 42.5 Å². The number of carbonyl (C=O) groups is 2. The number of hydrazine groups is 1. The molecule has 0 unspecified atom stereocenters. The minimum atomic E-state index is -0.499. The van der Waals surface area contributed by atoms with Gasteiger partial charge in [0, 0.05) is 10.6 Å². The van der Waals surface area contributed by atoms with Gasteiger partial charge in [-0.15, -0.1) is 0 Å². The lowest BCUT2D eigenvalue weighted by Crippen LogP contribution is -2.35. The minimum Gasteiger partial charge on any atom is -0.488 e. The minimum absolute atomic E-state index is 0.0101. The zero-order valence-corrected chi connectivity index (χ0v) is 17.5. The van der Waals surface area contributed by atoms with Gasteiger partial charge in [-0.05, 0) is 54.1 Å². The summed E-state index contributed by atoms with van der Waals surface area (Å²) >= 11 is 6.17.